The molecule has 3 N–H and O–H groups in total. The second-order valence-electron chi connectivity index (χ2n) is 7.96. The minimum Gasteiger partial charge on any atom is -0.481 e. The smallest absolute Gasteiger partial charge is 0.412 e. The van der Waals surface area contributed by atoms with Gasteiger partial charge in [0.15, 0.2) is 5.82 Å². The van der Waals surface area contributed by atoms with Crippen molar-refractivity contribution >= 4 is 23.8 Å². The Morgan fingerprint density at radius 3 is 2.30 bits per heavy atom. The number of hydrogen-bond donors (Lipinski definition) is 3. The highest BCUT2D eigenvalue weighted by atomic mass is 16.5. The van der Waals surface area contributed by atoms with Gasteiger partial charge in [0, 0.05) is 25.1 Å². The van der Waals surface area contributed by atoms with Crippen LogP contribution in [0.5, 0.6) is 0 Å². The molecule has 0 saturated carbocycles. The van der Waals surface area contributed by atoms with E-state index in [2.05, 4.69) is 27.9 Å². The van der Waals surface area contributed by atoms with Crippen molar-refractivity contribution < 1.29 is 24.2 Å². The lowest BCUT2D eigenvalue weighted by atomic mass is 9.98. The van der Waals surface area contributed by atoms with Gasteiger partial charge >= 0.3 is 12.1 Å². The minimum absolute atomic E-state index is 0.0658. The number of rotatable bonds is 7. The molecule has 9 heteroatoms. The first kappa shape index (κ1) is 22.1. The summed E-state index contributed by atoms with van der Waals surface area (Å²) >= 11 is 0. The van der Waals surface area contributed by atoms with Crippen LogP contribution in [0.1, 0.15) is 40.9 Å². The number of benzene rings is 2. The number of fused-ring (bicyclic) bond motifs is 3. The average Bonchev–Trinajstić information content (AvgIpc) is 3.29. The van der Waals surface area contributed by atoms with Gasteiger partial charge in [0.2, 0.25) is 0 Å². The fourth-order valence-electron chi connectivity index (χ4n) is 4.09. The van der Waals surface area contributed by atoms with Crippen LogP contribution in [0.25, 0.3) is 11.1 Å². The highest BCUT2D eigenvalue weighted by molar-refractivity contribution is 5.95. The summed E-state index contributed by atoms with van der Waals surface area (Å²) < 4.78 is 6.80. The first-order valence-corrected chi connectivity index (χ1v) is 10.5. The zero-order valence-electron chi connectivity index (χ0n) is 18.2. The fourth-order valence-corrected chi connectivity index (χ4v) is 4.09. The van der Waals surface area contributed by atoms with Crippen molar-refractivity contribution in [2.45, 2.75) is 25.3 Å². The van der Waals surface area contributed by atoms with Gasteiger partial charge in [-0.2, -0.15) is 5.10 Å². The largest absolute Gasteiger partial charge is 0.481 e. The number of nitrogens with one attached hydrogen (secondary N) is 2. The number of aryl methyl sites for hydroxylation is 1. The summed E-state index contributed by atoms with van der Waals surface area (Å²) in [5, 5.41) is 18.1. The number of amides is 2. The molecule has 4 rings (SSSR count). The van der Waals surface area contributed by atoms with E-state index in [0.29, 0.717) is 0 Å². The molecule has 2 amide bonds. The van der Waals surface area contributed by atoms with Crippen molar-refractivity contribution in [3.63, 3.8) is 0 Å². The van der Waals surface area contributed by atoms with Crippen LogP contribution in [0.2, 0.25) is 0 Å². The van der Waals surface area contributed by atoms with Gasteiger partial charge in [-0.1, -0.05) is 48.5 Å². The minimum atomic E-state index is -1.01. The van der Waals surface area contributed by atoms with Gasteiger partial charge in [0.1, 0.15) is 12.3 Å². The monoisotopic (exact) mass is 448 g/mol. The Hall–Kier alpha value is -4.14. The van der Waals surface area contributed by atoms with Gasteiger partial charge in [0.25, 0.3) is 5.91 Å². The molecule has 9 nitrogen and oxygen atoms in total. The van der Waals surface area contributed by atoms with Crippen LogP contribution in [-0.2, 0) is 16.6 Å². The summed E-state index contributed by atoms with van der Waals surface area (Å²) in [4.78, 5) is 35.6. The topological polar surface area (TPSA) is 123 Å². The van der Waals surface area contributed by atoms with Gasteiger partial charge in [-0.05, 0) is 29.2 Å². The molecule has 170 valence electrons. The van der Waals surface area contributed by atoms with Crippen molar-refractivity contribution in [1.82, 2.24) is 15.1 Å². The van der Waals surface area contributed by atoms with Crippen molar-refractivity contribution in [3.8, 4) is 11.1 Å². The van der Waals surface area contributed by atoms with Gasteiger partial charge in [-0.3, -0.25) is 19.6 Å². The predicted octanol–water partition coefficient (Wildman–Crippen LogP) is 3.37. The van der Waals surface area contributed by atoms with E-state index < -0.39 is 24.0 Å². The maximum atomic E-state index is 12.4. The number of nitrogens with zero attached hydrogens (tertiary/aromatic N) is 2. The van der Waals surface area contributed by atoms with E-state index in [1.807, 2.05) is 36.4 Å². The highest BCUT2D eigenvalue weighted by Gasteiger charge is 2.29. The van der Waals surface area contributed by atoms with Crippen LogP contribution >= 0.6 is 0 Å². The summed E-state index contributed by atoms with van der Waals surface area (Å²) in [7, 11) is 1.56. The van der Waals surface area contributed by atoms with Gasteiger partial charge in [-0.15, -0.1) is 0 Å². The summed E-state index contributed by atoms with van der Waals surface area (Å²) in [5.41, 5.74) is 4.68. The Morgan fingerprint density at radius 2 is 1.70 bits per heavy atom. The van der Waals surface area contributed by atoms with Crippen LogP contribution in [0, 0.1) is 0 Å². The van der Waals surface area contributed by atoms with E-state index >= 15 is 0 Å². The SMILES string of the molecule is C[C@H](CC(=O)O)NC(=O)c1cc(NC(=O)OCC2c3ccccc3-c3ccccc32)nn1C. The van der Waals surface area contributed by atoms with Gasteiger partial charge < -0.3 is 15.2 Å². The van der Waals surface area contributed by atoms with Crippen molar-refractivity contribution in [1.29, 1.82) is 0 Å². The van der Waals surface area contributed by atoms with Crippen LogP contribution in [0.15, 0.2) is 54.6 Å². The molecule has 0 spiro atoms. The molecule has 0 bridgehead atoms. The van der Waals surface area contributed by atoms with E-state index in [9.17, 15) is 14.4 Å². The Kier molecular flexibility index (Phi) is 6.12. The standard InChI is InChI=1S/C24H24N4O5/c1-14(11-22(29)30)25-23(31)20-12-21(27-28(20)2)26-24(32)33-13-19-17-9-5-3-7-15(17)16-8-4-6-10-18(16)19/h3-10,12,14,19H,11,13H2,1-2H3,(H,25,31)(H,29,30)(H,26,27,32)/t14-/m1/s1. The Balaban J connectivity index is 1.39. The third kappa shape index (κ3) is 4.72. The molecule has 0 radical (unpaired) electrons. The molecule has 1 aliphatic rings. The van der Waals surface area contributed by atoms with E-state index in [4.69, 9.17) is 9.84 Å². The molecule has 1 aromatic heterocycles. The third-order valence-corrected chi connectivity index (χ3v) is 5.54. The van der Waals surface area contributed by atoms with Crippen LogP contribution in [0.4, 0.5) is 10.6 Å². The van der Waals surface area contributed by atoms with Gasteiger partial charge in [-0.25, -0.2) is 4.79 Å². The number of anilines is 1. The van der Waals surface area contributed by atoms with Crippen LogP contribution < -0.4 is 10.6 Å². The number of aromatic nitrogens is 2. The number of carboxylic acid groups (broad SMARTS) is 1. The maximum Gasteiger partial charge on any atom is 0.412 e. The fraction of sp³-hybridized carbons (Fsp3) is 0.250. The summed E-state index contributed by atoms with van der Waals surface area (Å²) in [5.74, 6) is -1.40. The lowest BCUT2D eigenvalue weighted by Gasteiger charge is -2.14. The molecule has 0 fully saturated rings. The third-order valence-electron chi connectivity index (χ3n) is 5.54. The quantitative estimate of drug-likeness (QED) is 0.509. The van der Waals surface area contributed by atoms with Crippen molar-refractivity contribution in [2.24, 2.45) is 7.05 Å². The number of aliphatic carboxylic acids is 1. The van der Waals surface area contributed by atoms with E-state index in [1.165, 1.54) is 10.7 Å². The molecule has 0 aliphatic heterocycles. The number of carboxylic acids is 1. The second-order valence-corrected chi connectivity index (χ2v) is 7.96. The molecular weight excluding hydrogens is 424 g/mol. The maximum absolute atomic E-state index is 12.4. The molecule has 0 unspecified atom stereocenters. The molecular formula is C24H24N4O5. The Bertz CT molecular complexity index is 1170. The average molecular weight is 448 g/mol. The summed E-state index contributed by atoms with van der Waals surface area (Å²) in [6.45, 7) is 1.75. The molecule has 1 aliphatic carbocycles. The Labute approximate surface area is 190 Å². The molecule has 1 heterocycles. The first-order valence-electron chi connectivity index (χ1n) is 10.5. The zero-order chi connectivity index (χ0) is 23.5. The number of hydrogen-bond acceptors (Lipinski definition) is 5. The molecule has 1 atom stereocenters. The molecule has 0 saturated heterocycles. The molecule has 3 aromatic rings. The summed E-state index contributed by atoms with van der Waals surface area (Å²) in [6, 6.07) is 17.0. The number of ether oxygens (including phenoxy) is 1. The highest BCUT2D eigenvalue weighted by Crippen LogP contribution is 2.44. The Morgan fingerprint density at radius 1 is 1.09 bits per heavy atom. The summed E-state index contributed by atoms with van der Waals surface area (Å²) in [6.07, 6.45) is -0.879. The molecule has 33 heavy (non-hydrogen) atoms. The van der Waals surface area contributed by atoms with Crippen molar-refractivity contribution in [2.75, 3.05) is 11.9 Å². The predicted molar refractivity (Wildman–Crippen MR) is 121 cm³/mol. The normalized spacial score (nSPS) is 13.0. The lowest BCUT2D eigenvalue weighted by Crippen LogP contribution is -2.35. The van der Waals surface area contributed by atoms with E-state index in [0.717, 1.165) is 22.3 Å². The van der Waals surface area contributed by atoms with E-state index in [-0.39, 0.29) is 30.5 Å². The number of carbonyl (C=O) groups is 3. The second kappa shape index (κ2) is 9.15. The zero-order valence-corrected chi connectivity index (χ0v) is 18.2. The van der Waals surface area contributed by atoms with E-state index in [1.54, 1.807) is 14.0 Å². The van der Waals surface area contributed by atoms with Crippen molar-refractivity contribution in [3.05, 3.63) is 71.4 Å². The lowest BCUT2D eigenvalue weighted by molar-refractivity contribution is -0.137. The number of carbonyl (C=O) groups excluding carboxylic acids is 2. The van der Waals surface area contributed by atoms with Crippen LogP contribution in [-0.4, -0.2) is 45.5 Å². The van der Waals surface area contributed by atoms with Crippen LogP contribution in [0.3, 0.4) is 0 Å². The molecule has 2 aromatic carbocycles. The first-order chi connectivity index (χ1) is 15.8. The van der Waals surface area contributed by atoms with Gasteiger partial charge in [0.05, 0.1) is 6.42 Å².